The lowest BCUT2D eigenvalue weighted by Crippen LogP contribution is -2.30. The van der Waals surface area contributed by atoms with Gasteiger partial charge in [-0.05, 0) is 44.8 Å². The van der Waals surface area contributed by atoms with Gasteiger partial charge in [-0.25, -0.2) is 0 Å². The van der Waals surface area contributed by atoms with Gasteiger partial charge >= 0.3 is 0 Å². The lowest BCUT2D eigenvalue weighted by Gasteiger charge is -2.26. The van der Waals surface area contributed by atoms with E-state index in [-0.39, 0.29) is 17.7 Å². The normalized spacial score (nSPS) is 19.8. The van der Waals surface area contributed by atoms with Gasteiger partial charge in [-0.1, -0.05) is 18.2 Å². The van der Waals surface area contributed by atoms with E-state index < -0.39 is 0 Å². The van der Waals surface area contributed by atoms with Crippen molar-refractivity contribution in [2.75, 3.05) is 20.1 Å². The first-order valence-corrected chi connectivity index (χ1v) is 7.34. The zero-order chi connectivity index (χ0) is 14.5. The Morgan fingerprint density at radius 3 is 2.90 bits per heavy atom. The Morgan fingerprint density at radius 2 is 2.25 bits per heavy atom. The molecular weight excluding hydrogens is 252 g/mol. The van der Waals surface area contributed by atoms with Crippen LogP contribution in [0.25, 0.3) is 0 Å². The molecular formula is C16H24N2O2. The van der Waals surface area contributed by atoms with Gasteiger partial charge in [-0.3, -0.25) is 4.79 Å². The summed E-state index contributed by atoms with van der Waals surface area (Å²) in [6.07, 6.45) is 2.70. The van der Waals surface area contributed by atoms with Crippen LogP contribution in [0.2, 0.25) is 0 Å². The standard InChI is InChI=1S/C16H24N2O2/c1-12(14-5-3-4-6-15(14)19)18(2)16(20)8-7-13-9-10-17-11-13/h3-6,12-13,17,19H,7-11H2,1-2H3. The highest BCUT2D eigenvalue weighted by molar-refractivity contribution is 5.76. The first kappa shape index (κ1) is 14.9. The summed E-state index contributed by atoms with van der Waals surface area (Å²) in [4.78, 5) is 14.0. The van der Waals surface area contributed by atoms with Crippen molar-refractivity contribution in [3.05, 3.63) is 29.8 Å². The molecule has 110 valence electrons. The highest BCUT2D eigenvalue weighted by atomic mass is 16.3. The highest BCUT2D eigenvalue weighted by Crippen LogP contribution is 2.28. The SMILES string of the molecule is CC(c1ccccc1O)N(C)C(=O)CCC1CCNC1. The maximum atomic E-state index is 12.2. The molecule has 0 aliphatic carbocycles. The van der Waals surface area contributed by atoms with Crippen molar-refractivity contribution in [3.63, 3.8) is 0 Å². The van der Waals surface area contributed by atoms with Gasteiger partial charge < -0.3 is 15.3 Å². The van der Waals surface area contributed by atoms with Crippen LogP contribution in [-0.2, 0) is 4.79 Å². The number of phenols is 1. The van der Waals surface area contributed by atoms with Crippen LogP contribution < -0.4 is 5.32 Å². The molecule has 0 saturated carbocycles. The van der Waals surface area contributed by atoms with Crippen molar-refractivity contribution in [1.82, 2.24) is 10.2 Å². The molecule has 0 radical (unpaired) electrons. The van der Waals surface area contributed by atoms with Gasteiger partial charge in [0.05, 0.1) is 6.04 Å². The van der Waals surface area contributed by atoms with Crippen LogP contribution in [0.4, 0.5) is 0 Å². The monoisotopic (exact) mass is 276 g/mol. The minimum Gasteiger partial charge on any atom is -0.508 e. The first-order chi connectivity index (χ1) is 9.59. The van der Waals surface area contributed by atoms with Gasteiger partial charge in [0, 0.05) is 19.0 Å². The van der Waals surface area contributed by atoms with Crippen LogP contribution in [0.5, 0.6) is 5.75 Å². The van der Waals surface area contributed by atoms with Crippen molar-refractivity contribution in [3.8, 4) is 5.75 Å². The molecule has 1 amide bonds. The molecule has 1 aliphatic heterocycles. The van der Waals surface area contributed by atoms with Crippen molar-refractivity contribution in [2.24, 2.45) is 5.92 Å². The van der Waals surface area contributed by atoms with Gasteiger partial charge in [0.2, 0.25) is 5.91 Å². The third-order valence-corrected chi connectivity index (χ3v) is 4.29. The second-order valence-corrected chi connectivity index (χ2v) is 5.64. The van der Waals surface area contributed by atoms with Crippen molar-refractivity contribution >= 4 is 5.91 Å². The smallest absolute Gasteiger partial charge is 0.222 e. The molecule has 2 unspecified atom stereocenters. The van der Waals surface area contributed by atoms with E-state index in [4.69, 9.17) is 0 Å². The molecule has 1 aromatic carbocycles. The highest BCUT2D eigenvalue weighted by Gasteiger charge is 2.21. The van der Waals surface area contributed by atoms with Crippen LogP contribution in [0, 0.1) is 5.92 Å². The predicted octanol–water partition coefficient (Wildman–Crippen LogP) is 2.30. The van der Waals surface area contributed by atoms with E-state index in [0.29, 0.717) is 12.3 Å². The lowest BCUT2D eigenvalue weighted by molar-refractivity contribution is -0.132. The molecule has 4 nitrogen and oxygen atoms in total. The summed E-state index contributed by atoms with van der Waals surface area (Å²) in [6, 6.07) is 7.10. The number of nitrogens with one attached hydrogen (secondary N) is 1. The van der Waals surface area contributed by atoms with E-state index in [1.165, 1.54) is 6.42 Å². The van der Waals surface area contributed by atoms with E-state index in [1.807, 2.05) is 26.1 Å². The Balaban J connectivity index is 1.90. The molecule has 1 fully saturated rings. The molecule has 2 atom stereocenters. The van der Waals surface area contributed by atoms with Crippen LogP contribution in [-0.4, -0.2) is 36.1 Å². The molecule has 4 heteroatoms. The minimum absolute atomic E-state index is 0.106. The Labute approximate surface area is 120 Å². The fourth-order valence-electron chi connectivity index (χ4n) is 2.73. The average molecular weight is 276 g/mol. The van der Waals surface area contributed by atoms with Crippen LogP contribution in [0.3, 0.4) is 0 Å². The lowest BCUT2D eigenvalue weighted by atomic mass is 10.0. The minimum atomic E-state index is -0.106. The number of benzene rings is 1. The molecule has 0 spiro atoms. The first-order valence-electron chi connectivity index (χ1n) is 7.34. The van der Waals surface area contributed by atoms with E-state index in [2.05, 4.69) is 5.32 Å². The van der Waals surface area contributed by atoms with Crippen LogP contribution in [0.15, 0.2) is 24.3 Å². The molecule has 1 heterocycles. The Bertz CT molecular complexity index is 456. The van der Waals surface area contributed by atoms with Crippen molar-refractivity contribution in [1.29, 1.82) is 0 Å². The van der Waals surface area contributed by atoms with Crippen molar-refractivity contribution in [2.45, 2.75) is 32.2 Å². The van der Waals surface area contributed by atoms with E-state index >= 15 is 0 Å². The summed E-state index contributed by atoms with van der Waals surface area (Å²) in [5, 5.41) is 13.2. The van der Waals surface area contributed by atoms with Gasteiger partial charge in [-0.15, -0.1) is 0 Å². The molecule has 1 saturated heterocycles. The summed E-state index contributed by atoms with van der Waals surface area (Å²) in [6.45, 7) is 4.05. The van der Waals surface area contributed by atoms with E-state index in [0.717, 1.165) is 25.1 Å². The molecule has 0 bridgehead atoms. The van der Waals surface area contributed by atoms with Crippen LogP contribution >= 0.6 is 0 Å². The largest absolute Gasteiger partial charge is 0.508 e. The molecule has 20 heavy (non-hydrogen) atoms. The predicted molar refractivity (Wildman–Crippen MR) is 79.5 cm³/mol. The Kier molecular flexibility index (Phi) is 5.01. The Morgan fingerprint density at radius 1 is 1.50 bits per heavy atom. The van der Waals surface area contributed by atoms with E-state index in [1.54, 1.807) is 17.0 Å². The summed E-state index contributed by atoms with van der Waals surface area (Å²) < 4.78 is 0. The topological polar surface area (TPSA) is 52.6 Å². The maximum absolute atomic E-state index is 12.2. The number of carbonyl (C=O) groups is 1. The number of para-hydroxylation sites is 1. The number of rotatable bonds is 5. The van der Waals surface area contributed by atoms with Gasteiger partial charge in [0.1, 0.15) is 5.75 Å². The maximum Gasteiger partial charge on any atom is 0.222 e. The molecule has 2 N–H and O–H groups in total. The van der Waals surface area contributed by atoms with E-state index in [9.17, 15) is 9.90 Å². The number of nitrogens with zero attached hydrogens (tertiary/aromatic N) is 1. The second kappa shape index (κ2) is 6.75. The fourth-order valence-corrected chi connectivity index (χ4v) is 2.73. The van der Waals surface area contributed by atoms with Crippen LogP contribution in [0.1, 0.15) is 37.8 Å². The molecule has 2 rings (SSSR count). The second-order valence-electron chi connectivity index (χ2n) is 5.64. The molecule has 0 aromatic heterocycles. The third kappa shape index (κ3) is 3.51. The zero-order valence-corrected chi connectivity index (χ0v) is 12.3. The van der Waals surface area contributed by atoms with Gasteiger partial charge in [-0.2, -0.15) is 0 Å². The number of hydrogen-bond acceptors (Lipinski definition) is 3. The summed E-state index contributed by atoms with van der Waals surface area (Å²) >= 11 is 0. The van der Waals surface area contributed by atoms with Crippen molar-refractivity contribution < 1.29 is 9.90 Å². The summed E-state index contributed by atoms with van der Waals surface area (Å²) in [5.74, 6) is 1.03. The zero-order valence-electron chi connectivity index (χ0n) is 12.3. The summed E-state index contributed by atoms with van der Waals surface area (Å²) in [7, 11) is 1.81. The third-order valence-electron chi connectivity index (χ3n) is 4.29. The Hall–Kier alpha value is -1.55. The van der Waals surface area contributed by atoms with Gasteiger partial charge in [0.15, 0.2) is 0 Å². The quantitative estimate of drug-likeness (QED) is 0.867. The molecule has 1 aliphatic rings. The number of amides is 1. The number of hydrogen-bond donors (Lipinski definition) is 2. The molecule has 1 aromatic rings. The number of phenolic OH excluding ortho intramolecular Hbond substituents is 1. The summed E-state index contributed by atoms with van der Waals surface area (Å²) in [5.41, 5.74) is 0.797. The number of carbonyl (C=O) groups excluding carboxylic acids is 1. The average Bonchev–Trinajstić information content (AvgIpc) is 2.97. The van der Waals surface area contributed by atoms with Gasteiger partial charge in [0.25, 0.3) is 0 Å². The number of aromatic hydroxyl groups is 1. The fraction of sp³-hybridized carbons (Fsp3) is 0.562.